The summed E-state index contributed by atoms with van der Waals surface area (Å²) in [4.78, 5) is 0. The molecule has 6 unspecified atom stereocenters. The Balaban J connectivity index is 0.00000225. The quantitative estimate of drug-likeness (QED) is 0.271. The van der Waals surface area contributed by atoms with Crippen LogP contribution in [0.15, 0.2) is 0 Å². The molecule has 0 saturated heterocycles. The summed E-state index contributed by atoms with van der Waals surface area (Å²) >= 11 is 0. The van der Waals surface area contributed by atoms with E-state index in [9.17, 15) is 0 Å². The van der Waals surface area contributed by atoms with Crippen molar-refractivity contribution in [3.63, 3.8) is 0 Å². The van der Waals surface area contributed by atoms with Gasteiger partial charge in [-0.25, -0.2) is 0 Å². The number of hydrogen-bond acceptors (Lipinski definition) is 4. The van der Waals surface area contributed by atoms with Crippen molar-refractivity contribution < 1.29 is 0 Å². The van der Waals surface area contributed by atoms with Gasteiger partial charge in [-0.05, 0) is 86.9 Å². The average Bonchev–Trinajstić information content (AvgIpc) is 3.45. The summed E-state index contributed by atoms with van der Waals surface area (Å²) in [5.41, 5.74) is 5.51. The largest absolute Gasteiger partial charge is 0.329 e. The highest BCUT2D eigenvalue weighted by Gasteiger charge is 2.43. The van der Waals surface area contributed by atoms with Gasteiger partial charge in [-0.15, -0.1) is 49.6 Å². The molecule has 0 heterocycles. The highest BCUT2D eigenvalue weighted by atomic mass is 35.5. The van der Waals surface area contributed by atoms with Crippen molar-refractivity contribution in [2.75, 3.05) is 39.3 Å². The predicted molar refractivity (Wildman–Crippen MR) is 143 cm³/mol. The van der Waals surface area contributed by atoms with Gasteiger partial charge >= 0.3 is 0 Å². The molecule has 0 aromatic carbocycles. The summed E-state index contributed by atoms with van der Waals surface area (Å²) in [6.45, 7) is 5.95. The second-order valence-electron chi connectivity index (χ2n) is 10.3. The molecule has 8 heteroatoms. The van der Waals surface area contributed by atoms with Gasteiger partial charge in [-0.2, -0.15) is 0 Å². The van der Waals surface area contributed by atoms with Crippen LogP contribution in [0, 0.1) is 35.5 Å². The van der Waals surface area contributed by atoms with Crippen molar-refractivity contribution in [2.45, 2.75) is 70.3 Å². The lowest BCUT2D eigenvalue weighted by atomic mass is 9.79. The van der Waals surface area contributed by atoms with E-state index in [1.54, 1.807) is 25.7 Å². The predicted octanol–water partition coefficient (Wildman–Crippen LogP) is 4.42. The lowest BCUT2D eigenvalue weighted by Gasteiger charge is -2.31. The summed E-state index contributed by atoms with van der Waals surface area (Å²) in [6, 6.07) is 0.774. The van der Waals surface area contributed by atoms with E-state index >= 15 is 0 Å². The van der Waals surface area contributed by atoms with Crippen LogP contribution in [-0.4, -0.2) is 45.3 Å². The molecule has 0 radical (unpaired) electrons. The smallest absolute Gasteiger partial charge is 0.00793 e. The van der Waals surface area contributed by atoms with E-state index in [1.807, 2.05) is 0 Å². The van der Waals surface area contributed by atoms with Crippen molar-refractivity contribution in [2.24, 2.45) is 41.2 Å². The van der Waals surface area contributed by atoms with E-state index < -0.39 is 0 Å². The van der Waals surface area contributed by atoms with Crippen LogP contribution in [-0.2, 0) is 0 Å². The Morgan fingerprint density at radius 1 is 0.613 bits per heavy atom. The van der Waals surface area contributed by atoms with Crippen LogP contribution in [0.1, 0.15) is 64.2 Å². The van der Waals surface area contributed by atoms with E-state index in [1.165, 1.54) is 38.5 Å². The van der Waals surface area contributed by atoms with E-state index in [4.69, 9.17) is 5.73 Å². The lowest BCUT2D eigenvalue weighted by Crippen LogP contribution is -2.40. The molecule has 0 spiro atoms. The molecule has 0 aromatic heterocycles. The fourth-order valence-corrected chi connectivity index (χ4v) is 7.22. The van der Waals surface area contributed by atoms with Crippen LogP contribution in [0.4, 0.5) is 0 Å². The molecule has 0 amide bonds. The van der Waals surface area contributed by atoms with Gasteiger partial charge in [-0.1, -0.05) is 12.8 Å². The number of nitrogens with two attached hydrogens (primary N) is 1. The molecule has 4 aliphatic carbocycles. The lowest BCUT2D eigenvalue weighted by molar-refractivity contribution is 0.227. The topological polar surface area (TPSA) is 62.1 Å². The van der Waals surface area contributed by atoms with Gasteiger partial charge < -0.3 is 21.7 Å². The summed E-state index contributed by atoms with van der Waals surface area (Å²) < 4.78 is 0. The van der Waals surface area contributed by atoms with Crippen LogP contribution in [0.25, 0.3) is 0 Å². The van der Waals surface area contributed by atoms with Gasteiger partial charge in [0.1, 0.15) is 0 Å². The molecule has 4 aliphatic rings. The van der Waals surface area contributed by atoms with Gasteiger partial charge in [0.25, 0.3) is 0 Å². The Bertz CT molecular complexity index is 429. The molecule has 31 heavy (non-hydrogen) atoms. The molecule has 4 rings (SSSR count). The number of halogens is 4. The average molecular weight is 522 g/mol. The molecular formula is C23H48Cl4N4. The highest BCUT2D eigenvalue weighted by molar-refractivity contribution is 5.86. The molecule has 188 valence electrons. The third kappa shape index (κ3) is 9.28. The SMILES string of the molecule is Cl.Cl.Cl.Cl.NCCNCCNCCNC(CC1CC2CCC1C2)CC1CC2CCC1C2. The van der Waals surface area contributed by atoms with Crippen molar-refractivity contribution in [1.29, 1.82) is 0 Å². The molecule has 4 fully saturated rings. The van der Waals surface area contributed by atoms with Crippen LogP contribution < -0.4 is 21.7 Å². The summed E-state index contributed by atoms with van der Waals surface area (Å²) in [5.74, 6) is 6.40. The molecule has 0 aliphatic heterocycles. The maximum Gasteiger partial charge on any atom is 0.00793 e. The summed E-state index contributed by atoms with van der Waals surface area (Å²) in [6.07, 6.45) is 15.3. The Morgan fingerprint density at radius 3 is 1.52 bits per heavy atom. The fourth-order valence-electron chi connectivity index (χ4n) is 7.22. The normalized spacial score (nSPS) is 33.2. The first-order chi connectivity index (χ1) is 13.3. The molecule has 4 saturated carbocycles. The van der Waals surface area contributed by atoms with E-state index in [2.05, 4.69) is 16.0 Å². The van der Waals surface area contributed by atoms with Crippen molar-refractivity contribution in [1.82, 2.24) is 16.0 Å². The molecule has 4 bridgehead atoms. The second-order valence-corrected chi connectivity index (χ2v) is 10.3. The molecule has 0 aromatic rings. The van der Waals surface area contributed by atoms with Gasteiger partial charge in [-0.3, -0.25) is 0 Å². The summed E-state index contributed by atoms with van der Waals surface area (Å²) in [5, 5.41) is 10.9. The van der Waals surface area contributed by atoms with E-state index in [0.717, 1.165) is 80.8 Å². The van der Waals surface area contributed by atoms with Crippen LogP contribution in [0.3, 0.4) is 0 Å². The standard InChI is InChI=1S/C23H44N4.4ClH/c24-5-6-25-7-8-26-9-10-27-23(15-21-13-17-1-3-19(21)11-17)16-22-14-18-2-4-20(22)12-18;;;;/h17-23,25-27H,1-16,24H2;4*1H. The fraction of sp³-hybridized carbons (Fsp3) is 1.00. The number of fused-ring (bicyclic) bond motifs is 4. The number of nitrogens with one attached hydrogen (secondary N) is 3. The third-order valence-electron chi connectivity index (χ3n) is 8.48. The Morgan fingerprint density at radius 2 is 1.10 bits per heavy atom. The zero-order chi connectivity index (χ0) is 18.5. The zero-order valence-corrected chi connectivity index (χ0v) is 22.3. The highest BCUT2D eigenvalue weighted by Crippen LogP contribution is 2.52. The Labute approximate surface area is 215 Å². The van der Waals surface area contributed by atoms with Crippen molar-refractivity contribution in [3.05, 3.63) is 0 Å². The first-order valence-corrected chi connectivity index (χ1v) is 12.2. The maximum absolute atomic E-state index is 5.51. The first kappa shape index (κ1) is 32.0. The number of hydrogen-bond donors (Lipinski definition) is 4. The first-order valence-electron chi connectivity index (χ1n) is 12.2. The van der Waals surface area contributed by atoms with Gasteiger partial charge in [0.05, 0.1) is 0 Å². The maximum atomic E-state index is 5.51. The van der Waals surface area contributed by atoms with Gasteiger partial charge in [0, 0.05) is 45.3 Å². The van der Waals surface area contributed by atoms with Crippen molar-refractivity contribution in [3.8, 4) is 0 Å². The van der Waals surface area contributed by atoms with E-state index in [-0.39, 0.29) is 49.6 Å². The van der Waals surface area contributed by atoms with Crippen LogP contribution in [0.2, 0.25) is 0 Å². The second kappa shape index (κ2) is 16.6. The molecule has 5 N–H and O–H groups in total. The minimum Gasteiger partial charge on any atom is -0.329 e. The van der Waals surface area contributed by atoms with Crippen LogP contribution in [0.5, 0.6) is 0 Å². The van der Waals surface area contributed by atoms with Gasteiger partial charge in [0.2, 0.25) is 0 Å². The monoisotopic (exact) mass is 520 g/mol. The van der Waals surface area contributed by atoms with Crippen molar-refractivity contribution >= 4 is 49.6 Å². The number of rotatable bonds is 13. The zero-order valence-electron chi connectivity index (χ0n) is 19.1. The summed E-state index contributed by atoms with van der Waals surface area (Å²) in [7, 11) is 0. The third-order valence-corrected chi connectivity index (χ3v) is 8.48. The minimum absolute atomic E-state index is 0. The molecular weight excluding hydrogens is 474 g/mol. The molecule has 4 nitrogen and oxygen atoms in total. The van der Waals surface area contributed by atoms with E-state index in [0.29, 0.717) is 0 Å². The van der Waals surface area contributed by atoms with Gasteiger partial charge in [0.15, 0.2) is 0 Å². The Hall–Kier alpha value is 1.000. The minimum atomic E-state index is 0. The Kier molecular flexibility index (Phi) is 17.1. The molecule has 6 atom stereocenters. The van der Waals surface area contributed by atoms with Crippen LogP contribution >= 0.6 is 49.6 Å².